The summed E-state index contributed by atoms with van der Waals surface area (Å²) in [5.74, 6) is 0. The lowest BCUT2D eigenvalue weighted by atomic mass is 10.4. The zero-order chi connectivity index (χ0) is 15.7. The molecule has 0 spiro atoms. The normalized spacial score (nSPS) is 12.3. The second-order valence-electron chi connectivity index (χ2n) is 4.07. The molecule has 0 atom stereocenters. The Bertz CT molecular complexity index is 801. The van der Waals surface area contributed by atoms with Crippen LogP contribution in [0, 0.1) is 0 Å². The van der Waals surface area contributed by atoms with Crippen LogP contribution in [0.25, 0.3) is 0 Å². The van der Waals surface area contributed by atoms with Crippen molar-refractivity contribution < 1.29 is 25.9 Å². The highest BCUT2D eigenvalue weighted by Crippen LogP contribution is 2.21. The molecule has 0 saturated carbocycles. The van der Waals surface area contributed by atoms with Crippen LogP contribution in [0.15, 0.2) is 58.3 Å². The molecule has 0 heterocycles. The fraction of sp³-hybridized carbons (Fsp3) is 0. The average molecular weight is 346 g/mol. The molecule has 2 aromatic carbocycles. The second-order valence-corrected chi connectivity index (χ2v) is 8.17. The molecule has 0 aliphatic carbocycles. The van der Waals surface area contributed by atoms with Crippen molar-refractivity contribution in [3.8, 4) is 0 Å². The largest absolute Gasteiger partial charge is 0.295 e. The second kappa shape index (κ2) is 5.82. The summed E-state index contributed by atoms with van der Waals surface area (Å²) < 4.78 is 63.6. The molecule has 2 rings (SSSR count). The summed E-state index contributed by atoms with van der Waals surface area (Å²) in [6, 6.07) is 11.5. The first kappa shape index (κ1) is 16.1. The third-order valence-electron chi connectivity index (χ3n) is 2.60. The van der Waals surface area contributed by atoms with E-state index in [1.807, 2.05) is 0 Å². The molecule has 0 aromatic heterocycles. The predicted molar refractivity (Wildman–Crippen MR) is 80.1 cm³/mol. The lowest BCUT2D eigenvalue weighted by Gasteiger charge is -2.09. The van der Waals surface area contributed by atoms with Crippen LogP contribution < -0.4 is 10.6 Å². The first-order valence-electron chi connectivity index (χ1n) is 5.59. The summed E-state index contributed by atoms with van der Waals surface area (Å²) in [6.07, 6.45) is 0. The van der Waals surface area contributed by atoms with E-state index in [1.54, 1.807) is 12.1 Å². The maximum atomic E-state index is 11.3. The molecule has 0 aliphatic rings. The summed E-state index contributed by atoms with van der Waals surface area (Å²) in [7, 11) is -9.17. The SMILES string of the molecule is O=S(=O)(O)c1ccccc1Pc1ccccc1S(=O)(=O)O. The van der Waals surface area contributed by atoms with E-state index in [1.165, 1.54) is 36.4 Å². The van der Waals surface area contributed by atoms with Gasteiger partial charge < -0.3 is 0 Å². The van der Waals surface area contributed by atoms with Gasteiger partial charge in [0.2, 0.25) is 0 Å². The maximum absolute atomic E-state index is 11.3. The van der Waals surface area contributed by atoms with Crippen LogP contribution >= 0.6 is 8.58 Å². The monoisotopic (exact) mass is 346 g/mol. The quantitative estimate of drug-likeness (QED) is 0.626. The Balaban J connectivity index is 2.56. The maximum Gasteiger partial charge on any atom is 0.295 e. The molecule has 0 aliphatic heterocycles. The van der Waals surface area contributed by atoms with Gasteiger partial charge in [0.05, 0.1) is 0 Å². The van der Waals surface area contributed by atoms with E-state index in [2.05, 4.69) is 0 Å². The van der Waals surface area contributed by atoms with Gasteiger partial charge in [-0.2, -0.15) is 16.8 Å². The Morgan fingerprint density at radius 3 is 1.33 bits per heavy atom. The van der Waals surface area contributed by atoms with Gasteiger partial charge in [0.25, 0.3) is 20.2 Å². The standard InChI is InChI=1S/C12H11O6PS2/c13-20(14,15)11-7-3-1-5-9(11)19-10-6-2-4-8-12(10)21(16,17)18/h1-8,19H,(H,13,14,15)(H,16,17,18). The summed E-state index contributed by atoms with van der Waals surface area (Å²) in [4.78, 5) is -0.568. The molecular weight excluding hydrogens is 335 g/mol. The molecule has 0 unspecified atom stereocenters. The summed E-state index contributed by atoms with van der Waals surface area (Å²) in [5.41, 5.74) is 0. The van der Waals surface area contributed by atoms with E-state index in [0.717, 1.165) is 0 Å². The van der Waals surface area contributed by atoms with Crippen LogP contribution in [-0.2, 0) is 20.2 Å². The Kier molecular flexibility index (Phi) is 4.46. The molecule has 0 amide bonds. The topological polar surface area (TPSA) is 109 Å². The minimum Gasteiger partial charge on any atom is -0.282 e. The number of rotatable bonds is 4. The van der Waals surface area contributed by atoms with Crippen molar-refractivity contribution >= 4 is 39.4 Å². The Labute approximate surface area is 124 Å². The van der Waals surface area contributed by atoms with Crippen molar-refractivity contribution in [2.45, 2.75) is 9.79 Å². The first-order chi connectivity index (χ1) is 9.69. The highest BCUT2D eigenvalue weighted by Gasteiger charge is 2.19. The molecule has 0 saturated heterocycles. The van der Waals surface area contributed by atoms with Crippen LogP contribution in [0.1, 0.15) is 0 Å². The molecule has 21 heavy (non-hydrogen) atoms. The minimum absolute atomic E-state index is 0.260. The van der Waals surface area contributed by atoms with Crippen molar-refractivity contribution in [3.05, 3.63) is 48.5 Å². The van der Waals surface area contributed by atoms with E-state index in [-0.39, 0.29) is 29.0 Å². The van der Waals surface area contributed by atoms with Crippen LogP contribution in [-0.4, -0.2) is 25.9 Å². The molecule has 2 N–H and O–H groups in total. The molecule has 112 valence electrons. The third kappa shape index (κ3) is 3.87. The Hall–Kier alpha value is -1.31. The van der Waals surface area contributed by atoms with Gasteiger partial charge in [0.1, 0.15) is 9.79 Å². The smallest absolute Gasteiger partial charge is 0.282 e. The number of hydrogen-bond donors (Lipinski definition) is 2. The van der Waals surface area contributed by atoms with Gasteiger partial charge in [-0.3, -0.25) is 9.11 Å². The van der Waals surface area contributed by atoms with Gasteiger partial charge in [-0.15, -0.1) is 0 Å². The fourth-order valence-electron chi connectivity index (χ4n) is 1.73. The summed E-state index contributed by atoms with van der Waals surface area (Å²) >= 11 is 0. The van der Waals surface area contributed by atoms with Crippen molar-refractivity contribution in [3.63, 3.8) is 0 Å². The van der Waals surface area contributed by atoms with Crippen molar-refractivity contribution in [2.75, 3.05) is 0 Å². The van der Waals surface area contributed by atoms with Crippen molar-refractivity contribution in [1.82, 2.24) is 0 Å². The third-order valence-corrected chi connectivity index (χ3v) is 6.20. The highest BCUT2D eigenvalue weighted by molar-refractivity contribution is 7.87. The average Bonchev–Trinajstić information content (AvgIpc) is 2.37. The van der Waals surface area contributed by atoms with Crippen LogP contribution in [0.2, 0.25) is 0 Å². The van der Waals surface area contributed by atoms with Crippen LogP contribution in [0.5, 0.6) is 0 Å². The van der Waals surface area contributed by atoms with Crippen molar-refractivity contribution in [1.29, 1.82) is 0 Å². The summed E-state index contributed by atoms with van der Waals surface area (Å²) in [6.45, 7) is 0. The Morgan fingerprint density at radius 1 is 0.667 bits per heavy atom. The van der Waals surface area contributed by atoms with E-state index >= 15 is 0 Å². The molecule has 2 aromatic rings. The lowest BCUT2D eigenvalue weighted by Crippen LogP contribution is -2.17. The van der Waals surface area contributed by atoms with Gasteiger partial charge in [0.15, 0.2) is 0 Å². The predicted octanol–water partition coefficient (Wildman–Crippen LogP) is 0.809. The van der Waals surface area contributed by atoms with Gasteiger partial charge >= 0.3 is 0 Å². The Morgan fingerprint density at radius 2 is 1.00 bits per heavy atom. The van der Waals surface area contributed by atoms with Gasteiger partial charge in [-0.05, 0) is 22.7 Å². The van der Waals surface area contributed by atoms with E-state index < -0.39 is 20.2 Å². The molecule has 0 bridgehead atoms. The molecule has 0 fully saturated rings. The van der Waals surface area contributed by atoms with Gasteiger partial charge in [-0.1, -0.05) is 45.0 Å². The van der Waals surface area contributed by atoms with Gasteiger partial charge in [0, 0.05) is 0 Å². The fourth-order valence-corrected chi connectivity index (χ4v) is 5.07. The number of hydrogen-bond acceptors (Lipinski definition) is 4. The zero-order valence-electron chi connectivity index (χ0n) is 10.5. The first-order valence-corrected chi connectivity index (χ1v) is 9.47. The molecule has 9 heteroatoms. The van der Waals surface area contributed by atoms with Gasteiger partial charge in [-0.25, -0.2) is 0 Å². The molecule has 0 radical (unpaired) electrons. The van der Waals surface area contributed by atoms with E-state index in [9.17, 15) is 25.9 Å². The molecule has 6 nitrogen and oxygen atoms in total. The summed E-state index contributed by atoms with van der Waals surface area (Å²) in [5, 5.41) is 0.521. The zero-order valence-corrected chi connectivity index (χ0v) is 13.1. The van der Waals surface area contributed by atoms with E-state index in [0.29, 0.717) is 0 Å². The van der Waals surface area contributed by atoms with Crippen molar-refractivity contribution in [2.24, 2.45) is 0 Å². The molecular formula is C12H11O6PS2. The number of benzene rings is 2. The van der Waals surface area contributed by atoms with Crippen LogP contribution in [0.4, 0.5) is 0 Å². The van der Waals surface area contributed by atoms with E-state index in [4.69, 9.17) is 0 Å². The highest BCUT2D eigenvalue weighted by atomic mass is 32.2. The lowest BCUT2D eigenvalue weighted by molar-refractivity contribution is 0.482. The minimum atomic E-state index is -4.41. The van der Waals surface area contributed by atoms with Crippen LogP contribution in [0.3, 0.4) is 0 Å².